The number of rotatable bonds is 7. The predicted molar refractivity (Wildman–Crippen MR) is 101 cm³/mol. The van der Waals surface area contributed by atoms with Gasteiger partial charge in [0, 0.05) is 19.8 Å². The maximum absolute atomic E-state index is 12.2. The molecule has 2 aromatic rings. The number of hydrogen-bond acceptors (Lipinski definition) is 6. The van der Waals surface area contributed by atoms with Crippen molar-refractivity contribution in [1.82, 2.24) is 15.3 Å². The Morgan fingerprint density at radius 3 is 2.58 bits per heavy atom. The van der Waals surface area contributed by atoms with Crippen LogP contribution in [0.15, 0.2) is 35.2 Å². The number of benzene rings is 1. The van der Waals surface area contributed by atoms with E-state index in [4.69, 9.17) is 0 Å². The first kappa shape index (κ1) is 19.8. The van der Waals surface area contributed by atoms with Crippen LogP contribution >= 0.6 is 0 Å². The van der Waals surface area contributed by atoms with E-state index in [-0.39, 0.29) is 29.5 Å². The molecular formula is C18H24N4O3S. The summed E-state index contributed by atoms with van der Waals surface area (Å²) >= 11 is 0. The van der Waals surface area contributed by atoms with E-state index in [1.54, 1.807) is 36.1 Å². The van der Waals surface area contributed by atoms with Gasteiger partial charge in [0.25, 0.3) is 0 Å². The lowest BCUT2D eigenvalue weighted by molar-refractivity contribution is -0.120. The van der Waals surface area contributed by atoms with Crippen molar-refractivity contribution in [1.29, 1.82) is 0 Å². The highest BCUT2D eigenvalue weighted by molar-refractivity contribution is 7.91. The van der Waals surface area contributed by atoms with E-state index in [1.165, 1.54) is 0 Å². The number of aromatic nitrogens is 2. The van der Waals surface area contributed by atoms with Gasteiger partial charge in [0.1, 0.15) is 0 Å². The minimum Gasteiger partial charge on any atom is -0.350 e. The zero-order valence-corrected chi connectivity index (χ0v) is 16.3. The van der Waals surface area contributed by atoms with Gasteiger partial charge < -0.3 is 10.2 Å². The molecule has 1 N–H and O–H groups in total. The monoisotopic (exact) mass is 376 g/mol. The number of carbonyl (C=O) groups is 1. The van der Waals surface area contributed by atoms with Crippen LogP contribution in [0.3, 0.4) is 0 Å². The first-order valence-corrected chi connectivity index (χ1v) is 9.97. The molecule has 7 nitrogen and oxygen atoms in total. The fourth-order valence-corrected chi connectivity index (χ4v) is 3.31. The molecule has 0 unspecified atom stereocenters. The molecule has 2 rings (SSSR count). The molecule has 0 fully saturated rings. The summed E-state index contributed by atoms with van der Waals surface area (Å²) in [6, 6.07) is 8.32. The Kier molecular flexibility index (Phi) is 6.31. The van der Waals surface area contributed by atoms with Gasteiger partial charge in [-0.15, -0.1) is 0 Å². The number of nitrogens with zero attached hydrogens (tertiary/aromatic N) is 3. The van der Waals surface area contributed by atoms with Crippen LogP contribution in [0.1, 0.15) is 23.9 Å². The third kappa shape index (κ3) is 5.26. The number of nitrogens with one attached hydrogen (secondary N) is 1. The maximum atomic E-state index is 12.2. The lowest BCUT2D eigenvalue weighted by Crippen LogP contribution is -2.25. The van der Waals surface area contributed by atoms with Crippen molar-refractivity contribution in [2.24, 2.45) is 0 Å². The summed E-state index contributed by atoms with van der Waals surface area (Å²) < 4.78 is 23.9. The topological polar surface area (TPSA) is 92.3 Å². The molecular weight excluding hydrogens is 352 g/mol. The van der Waals surface area contributed by atoms with E-state index in [0.717, 1.165) is 11.4 Å². The average molecular weight is 376 g/mol. The number of hydrogen-bond donors (Lipinski definition) is 1. The van der Waals surface area contributed by atoms with Crippen LogP contribution in [0.25, 0.3) is 0 Å². The smallest absolute Gasteiger partial charge is 0.225 e. The van der Waals surface area contributed by atoms with Crippen LogP contribution < -0.4 is 10.2 Å². The van der Waals surface area contributed by atoms with Crippen molar-refractivity contribution in [2.45, 2.75) is 31.7 Å². The second-order valence-corrected chi connectivity index (χ2v) is 8.48. The highest BCUT2D eigenvalue weighted by atomic mass is 32.2. The summed E-state index contributed by atoms with van der Waals surface area (Å²) in [6.07, 6.45) is 0.109. The third-order valence-electron chi connectivity index (χ3n) is 3.76. The molecule has 0 spiro atoms. The molecule has 1 amide bonds. The van der Waals surface area contributed by atoms with E-state index in [2.05, 4.69) is 15.3 Å². The highest BCUT2D eigenvalue weighted by Crippen LogP contribution is 2.14. The Balaban J connectivity index is 2.03. The summed E-state index contributed by atoms with van der Waals surface area (Å²) in [5, 5.41) is 2.82. The van der Waals surface area contributed by atoms with Gasteiger partial charge in [-0.3, -0.25) is 4.79 Å². The molecule has 8 heteroatoms. The summed E-state index contributed by atoms with van der Waals surface area (Å²) in [5.41, 5.74) is 2.20. The van der Waals surface area contributed by atoms with Crippen LogP contribution in [-0.4, -0.2) is 44.1 Å². The molecule has 1 aromatic heterocycles. The summed E-state index contributed by atoms with van der Waals surface area (Å²) in [4.78, 5) is 23.0. The molecule has 0 aliphatic rings. The van der Waals surface area contributed by atoms with Crippen LogP contribution in [0, 0.1) is 6.92 Å². The fourth-order valence-electron chi connectivity index (χ4n) is 2.36. The Bertz CT molecular complexity index is 895. The standard InChI is InChI=1S/C18H24N4O3S/c1-5-26(24,25)16-8-6-7-14(10-16)11-17(23)19-12-15-9-13(2)20-18(21-15)22(3)4/h6-10H,5,11-12H2,1-4H3,(H,19,23). The minimum atomic E-state index is -3.28. The number of carbonyl (C=O) groups excluding carboxylic acids is 1. The molecule has 0 bridgehead atoms. The van der Waals surface area contributed by atoms with Crippen molar-refractivity contribution in [3.05, 3.63) is 47.3 Å². The Morgan fingerprint density at radius 1 is 1.19 bits per heavy atom. The number of amides is 1. The first-order chi connectivity index (χ1) is 12.2. The van der Waals surface area contributed by atoms with Gasteiger partial charge in [0.2, 0.25) is 11.9 Å². The Hall–Kier alpha value is -2.48. The van der Waals surface area contributed by atoms with E-state index in [0.29, 0.717) is 11.5 Å². The van der Waals surface area contributed by atoms with E-state index in [9.17, 15) is 13.2 Å². The van der Waals surface area contributed by atoms with Crippen molar-refractivity contribution in [3.8, 4) is 0 Å². The van der Waals surface area contributed by atoms with E-state index < -0.39 is 9.84 Å². The summed E-state index contributed by atoms with van der Waals surface area (Å²) in [7, 11) is 0.428. The quantitative estimate of drug-likeness (QED) is 0.787. The molecule has 0 atom stereocenters. The molecule has 140 valence electrons. The second-order valence-electron chi connectivity index (χ2n) is 6.20. The zero-order valence-electron chi connectivity index (χ0n) is 15.5. The molecule has 0 saturated carbocycles. The number of aryl methyl sites for hydroxylation is 1. The van der Waals surface area contributed by atoms with Crippen molar-refractivity contribution >= 4 is 21.7 Å². The van der Waals surface area contributed by atoms with Crippen LogP contribution in [0.2, 0.25) is 0 Å². The predicted octanol–water partition coefficient (Wildman–Crippen LogP) is 1.50. The van der Waals surface area contributed by atoms with Crippen molar-refractivity contribution < 1.29 is 13.2 Å². The lowest BCUT2D eigenvalue weighted by Gasteiger charge is -2.13. The molecule has 26 heavy (non-hydrogen) atoms. The van der Waals surface area contributed by atoms with Gasteiger partial charge in [-0.1, -0.05) is 19.1 Å². The maximum Gasteiger partial charge on any atom is 0.225 e. The summed E-state index contributed by atoms with van der Waals surface area (Å²) in [6.45, 7) is 3.76. The van der Waals surface area contributed by atoms with E-state index in [1.807, 2.05) is 27.1 Å². The van der Waals surface area contributed by atoms with Crippen LogP contribution in [0.5, 0.6) is 0 Å². The normalized spacial score (nSPS) is 11.2. The van der Waals surface area contributed by atoms with Crippen molar-refractivity contribution in [2.75, 3.05) is 24.7 Å². The molecule has 0 radical (unpaired) electrons. The molecule has 0 saturated heterocycles. The Morgan fingerprint density at radius 2 is 1.92 bits per heavy atom. The molecule has 0 aliphatic heterocycles. The Labute approximate surface area is 154 Å². The van der Waals surface area contributed by atoms with Crippen LogP contribution in [-0.2, 0) is 27.6 Å². The SMILES string of the molecule is CCS(=O)(=O)c1cccc(CC(=O)NCc2cc(C)nc(N(C)C)n2)c1. The largest absolute Gasteiger partial charge is 0.350 e. The molecule has 0 aliphatic carbocycles. The van der Waals surface area contributed by atoms with Gasteiger partial charge in [-0.2, -0.15) is 0 Å². The van der Waals surface area contributed by atoms with Gasteiger partial charge in [-0.05, 0) is 30.7 Å². The van der Waals surface area contributed by atoms with Gasteiger partial charge >= 0.3 is 0 Å². The molecule has 1 heterocycles. The third-order valence-corrected chi connectivity index (χ3v) is 5.50. The van der Waals surface area contributed by atoms with E-state index >= 15 is 0 Å². The highest BCUT2D eigenvalue weighted by Gasteiger charge is 2.13. The van der Waals surface area contributed by atoms with Crippen LogP contribution in [0.4, 0.5) is 5.95 Å². The lowest BCUT2D eigenvalue weighted by atomic mass is 10.1. The molecule has 1 aromatic carbocycles. The fraction of sp³-hybridized carbons (Fsp3) is 0.389. The van der Waals surface area contributed by atoms with Crippen molar-refractivity contribution in [3.63, 3.8) is 0 Å². The van der Waals surface area contributed by atoms with Gasteiger partial charge in [-0.25, -0.2) is 18.4 Å². The zero-order chi connectivity index (χ0) is 19.3. The number of sulfone groups is 1. The van der Waals surface area contributed by atoms with Gasteiger partial charge in [0.15, 0.2) is 9.84 Å². The van der Waals surface area contributed by atoms with Gasteiger partial charge in [0.05, 0.1) is 29.3 Å². The minimum absolute atomic E-state index is 0.0317. The number of anilines is 1. The first-order valence-electron chi connectivity index (χ1n) is 8.31. The second kappa shape index (κ2) is 8.27. The average Bonchev–Trinajstić information content (AvgIpc) is 2.59. The summed E-state index contributed by atoms with van der Waals surface area (Å²) in [5.74, 6) is 0.426.